The zero-order valence-corrected chi connectivity index (χ0v) is 14.9. The molecule has 0 aromatic heterocycles. The average Bonchev–Trinajstić information content (AvgIpc) is 2.88. The molecule has 1 atom stereocenters. The van der Waals surface area contributed by atoms with E-state index in [0.29, 0.717) is 12.2 Å². The third-order valence-corrected chi connectivity index (χ3v) is 5.71. The number of carbonyl (C=O) groups excluding carboxylic acids is 1. The first-order chi connectivity index (χ1) is 12.8. The summed E-state index contributed by atoms with van der Waals surface area (Å²) in [5.74, 6) is -1.37. The van der Waals surface area contributed by atoms with E-state index >= 15 is 0 Å². The van der Waals surface area contributed by atoms with Crippen LogP contribution in [0.15, 0.2) is 42.5 Å². The highest BCUT2D eigenvalue weighted by Gasteiger charge is 2.36. The Morgan fingerprint density at radius 2 is 1.81 bits per heavy atom. The Labute approximate surface area is 157 Å². The number of carbonyl (C=O) groups is 1. The van der Waals surface area contributed by atoms with Crippen molar-refractivity contribution in [1.82, 2.24) is 4.90 Å². The van der Waals surface area contributed by atoms with Crippen LogP contribution in [0.3, 0.4) is 0 Å². The molecule has 1 fully saturated rings. The maximum Gasteiger partial charge on any atom is 0.417 e. The van der Waals surface area contributed by atoms with Crippen molar-refractivity contribution in [1.29, 1.82) is 0 Å². The molecule has 27 heavy (non-hydrogen) atoms. The van der Waals surface area contributed by atoms with Crippen LogP contribution in [0.1, 0.15) is 33.2 Å². The third kappa shape index (κ3) is 4.43. The number of hydrogen-bond acceptors (Lipinski definition) is 2. The number of halogens is 5. The highest BCUT2D eigenvalue weighted by atomic mass is 32.2. The van der Waals surface area contributed by atoms with Gasteiger partial charge in [0.1, 0.15) is 11.6 Å². The summed E-state index contributed by atoms with van der Waals surface area (Å²) < 4.78 is 67.0. The summed E-state index contributed by atoms with van der Waals surface area (Å²) in [7, 11) is 0. The van der Waals surface area contributed by atoms with Crippen molar-refractivity contribution >= 4 is 17.7 Å². The lowest BCUT2D eigenvalue weighted by atomic mass is 10.0. The summed E-state index contributed by atoms with van der Waals surface area (Å²) in [6.07, 6.45) is -4.30. The molecule has 2 nitrogen and oxygen atoms in total. The van der Waals surface area contributed by atoms with E-state index in [-0.39, 0.29) is 23.9 Å². The number of rotatable bonds is 2. The SMILES string of the molecule is O=C(c1ccccc1C(F)(F)F)N1CCSC(c2cc(F)ccc2F)CC1. The lowest BCUT2D eigenvalue weighted by Crippen LogP contribution is -2.34. The summed E-state index contributed by atoms with van der Waals surface area (Å²) in [6, 6.07) is 7.88. The molecule has 8 heteroatoms. The summed E-state index contributed by atoms with van der Waals surface area (Å²) in [6.45, 7) is 0.405. The predicted octanol–water partition coefficient (Wildman–Crippen LogP) is 5.30. The monoisotopic (exact) mass is 401 g/mol. The van der Waals surface area contributed by atoms with Crippen LogP contribution in [0.5, 0.6) is 0 Å². The van der Waals surface area contributed by atoms with Gasteiger partial charge < -0.3 is 4.90 Å². The summed E-state index contributed by atoms with van der Waals surface area (Å²) in [5, 5.41) is -0.364. The van der Waals surface area contributed by atoms with Crippen LogP contribution in [0.25, 0.3) is 0 Å². The van der Waals surface area contributed by atoms with E-state index in [1.54, 1.807) is 0 Å². The lowest BCUT2D eigenvalue weighted by molar-refractivity contribution is -0.138. The molecule has 1 amide bonds. The minimum absolute atomic E-state index is 0.165. The third-order valence-electron chi connectivity index (χ3n) is 4.40. The molecule has 0 N–H and O–H groups in total. The van der Waals surface area contributed by atoms with Crippen molar-refractivity contribution in [3.8, 4) is 0 Å². The molecule has 0 aliphatic carbocycles. The molecule has 1 heterocycles. The standard InChI is InChI=1S/C19H16F5NOS/c20-12-5-6-16(21)14(11-12)17-7-8-25(9-10-27-17)18(26)13-3-1-2-4-15(13)19(22,23)24/h1-6,11,17H,7-10H2. The topological polar surface area (TPSA) is 20.3 Å². The quantitative estimate of drug-likeness (QED) is 0.636. The van der Waals surface area contributed by atoms with Crippen molar-refractivity contribution in [3.05, 3.63) is 70.8 Å². The first-order valence-corrected chi connectivity index (χ1v) is 9.34. The molecule has 0 saturated carbocycles. The second-order valence-electron chi connectivity index (χ2n) is 6.15. The Balaban J connectivity index is 1.79. The molecule has 1 aliphatic heterocycles. The van der Waals surface area contributed by atoms with Gasteiger partial charge in [-0.1, -0.05) is 12.1 Å². The van der Waals surface area contributed by atoms with Crippen LogP contribution < -0.4 is 0 Å². The molecule has 144 valence electrons. The van der Waals surface area contributed by atoms with Crippen molar-refractivity contribution < 1.29 is 26.7 Å². The first-order valence-electron chi connectivity index (χ1n) is 8.29. The van der Waals surface area contributed by atoms with Gasteiger partial charge in [-0.2, -0.15) is 24.9 Å². The summed E-state index contributed by atoms with van der Waals surface area (Å²) in [4.78, 5) is 14.0. The molecule has 1 aliphatic rings. The average molecular weight is 401 g/mol. The van der Waals surface area contributed by atoms with Crippen LogP contribution in [-0.4, -0.2) is 29.6 Å². The van der Waals surface area contributed by atoms with Gasteiger partial charge in [0.25, 0.3) is 5.91 Å². The molecule has 1 saturated heterocycles. The van der Waals surface area contributed by atoms with Crippen LogP contribution in [0.4, 0.5) is 22.0 Å². The predicted molar refractivity (Wildman–Crippen MR) is 93.5 cm³/mol. The summed E-state index contributed by atoms with van der Waals surface area (Å²) in [5.41, 5.74) is -1.16. The molecule has 0 spiro atoms. The Hall–Kier alpha value is -2.09. The Morgan fingerprint density at radius 3 is 2.56 bits per heavy atom. The second-order valence-corrected chi connectivity index (χ2v) is 7.46. The van der Waals surface area contributed by atoms with E-state index in [4.69, 9.17) is 0 Å². The van der Waals surface area contributed by atoms with Gasteiger partial charge in [-0.05, 0) is 36.8 Å². The van der Waals surface area contributed by atoms with Crippen molar-refractivity contribution in [2.75, 3.05) is 18.8 Å². The number of nitrogens with zero attached hydrogens (tertiary/aromatic N) is 1. The van der Waals surface area contributed by atoms with E-state index in [9.17, 15) is 26.7 Å². The summed E-state index contributed by atoms with van der Waals surface area (Å²) >= 11 is 1.36. The van der Waals surface area contributed by atoms with Gasteiger partial charge >= 0.3 is 6.18 Å². The van der Waals surface area contributed by atoms with E-state index < -0.39 is 34.8 Å². The Kier molecular flexibility index (Phi) is 5.74. The lowest BCUT2D eigenvalue weighted by Gasteiger charge is -2.22. The van der Waals surface area contributed by atoms with Gasteiger partial charge in [-0.25, -0.2) is 8.78 Å². The van der Waals surface area contributed by atoms with Crippen LogP contribution in [0.2, 0.25) is 0 Å². The number of benzene rings is 2. The molecule has 2 aromatic carbocycles. The molecule has 3 rings (SSSR count). The second kappa shape index (κ2) is 7.88. The Bertz CT molecular complexity index is 839. The zero-order valence-electron chi connectivity index (χ0n) is 14.1. The minimum atomic E-state index is -4.62. The molecule has 2 aromatic rings. The van der Waals surface area contributed by atoms with E-state index in [1.165, 1.54) is 28.8 Å². The minimum Gasteiger partial charge on any atom is -0.338 e. The van der Waals surface area contributed by atoms with Gasteiger partial charge in [0.2, 0.25) is 0 Å². The number of amides is 1. The molecular formula is C19H16F5NOS. The molecule has 0 bridgehead atoms. The van der Waals surface area contributed by atoms with Crippen molar-refractivity contribution in [2.24, 2.45) is 0 Å². The van der Waals surface area contributed by atoms with Gasteiger partial charge in [0.05, 0.1) is 11.1 Å². The first kappa shape index (κ1) is 19.7. The zero-order chi connectivity index (χ0) is 19.6. The van der Waals surface area contributed by atoms with Gasteiger partial charge in [0, 0.05) is 29.7 Å². The highest BCUT2D eigenvalue weighted by Crippen LogP contribution is 2.37. The fraction of sp³-hybridized carbons (Fsp3) is 0.316. The largest absolute Gasteiger partial charge is 0.417 e. The normalized spacial score (nSPS) is 18.3. The van der Waals surface area contributed by atoms with Gasteiger partial charge in [-0.15, -0.1) is 0 Å². The van der Waals surface area contributed by atoms with Crippen LogP contribution in [-0.2, 0) is 6.18 Å². The van der Waals surface area contributed by atoms with Crippen LogP contribution in [0, 0.1) is 11.6 Å². The highest BCUT2D eigenvalue weighted by molar-refractivity contribution is 7.99. The molecule has 1 unspecified atom stereocenters. The number of thioether (sulfide) groups is 1. The van der Waals surface area contributed by atoms with E-state index in [0.717, 1.165) is 30.3 Å². The van der Waals surface area contributed by atoms with Crippen molar-refractivity contribution in [2.45, 2.75) is 17.8 Å². The maximum atomic E-state index is 14.0. The van der Waals surface area contributed by atoms with Gasteiger partial charge in [-0.3, -0.25) is 4.79 Å². The van der Waals surface area contributed by atoms with Crippen LogP contribution >= 0.6 is 11.8 Å². The Morgan fingerprint density at radius 1 is 1.07 bits per heavy atom. The fourth-order valence-corrected chi connectivity index (χ4v) is 4.31. The van der Waals surface area contributed by atoms with E-state index in [1.807, 2.05) is 0 Å². The van der Waals surface area contributed by atoms with E-state index in [2.05, 4.69) is 0 Å². The number of alkyl halides is 3. The number of hydrogen-bond donors (Lipinski definition) is 0. The van der Waals surface area contributed by atoms with Crippen molar-refractivity contribution in [3.63, 3.8) is 0 Å². The maximum absolute atomic E-state index is 14.0. The smallest absolute Gasteiger partial charge is 0.338 e. The van der Waals surface area contributed by atoms with Gasteiger partial charge in [0.15, 0.2) is 0 Å². The molecule has 0 radical (unpaired) electrons. The fourth-order valence-electron chi connectivity index (χ4n) is 3.07. The molecular weight excluding hydrogens is 385 g/mol.